The first kappa shape index (κ1) is 24.6. The van der Waals surface area contributed by atoms with Crippen LogP contribution in [0.3, 0.4) is 0 Å². The van der Waals surface area contributed by atoms with Crippen molar-refractivity contribution < 1.29 is 19.0 Å². The Morgan fingerprint density at radius 2 is 1.64 bits per heavy atom. The highest BCUT2D eigenvalue weighted by Crippen LogP contribution is 2.31. The predicted molar refractivity (Wildman–Crippen MR) is 116 cm³/mol. The molecule has 0 saturated heterocycles. The monoisotopic (exact) mass is 431 g/mol. The summed E-state index contributed by atoms with van der Waals surface area (Å²) in [4.78, 5) is 5.09. The predicted octanol–water partition coefficient (Wildman–Crippen LogP) is 5.71. The van der Waals surface area contributed by atoms with E-state index in [1.807, 2.05) is 26.0 Å². The maximum absolute atomic E-state index is 6.06. The van der Waals surface area contributed by atoms with E-state index in [1.165, 1.54) is 0 Å². The van der Waals surface area contributed by atoms with Crippen molar-refractivity contribution in [3.8, 4) is 11.5 Å². The number of benzene rings is 1. The Labute approximate surface area is 178 Å². The van der Waals surface area contributed by atoms with Gasteiger partial charge in [-0.2, -0.15) is 0 Å². The van der Waals surface area contributed by atoms with Crippen LogP contribution in [0.25, 0.3) is 0 Å². The van der Waals surface area contributed by atoms with Gasteiger partial charge in [0.25, 0.3) is 0 Å². The van der Waals surface area contributed by atoms with Gasteiger partial charge < -0.3 is 19.0 Å². The van der Waals surface area contributed by atoms with Crippen LogP contribution in [0.5, 0.6) is 11.5 Å². The van der Waals surface area contributed by atoms with Gasteiger partial charge in [-0.25, -0.2) is 0 Å². The molecule has 0 radical (unpaired) electrons. The molecule has 0 atom stereocenters. The molecule has 0 amide bonds. The molecule has 7 heteroatoms. The Morgan fingerprint density at radius 3 is 2.21 bits per heavy atom. The average molecular weight is 432 g/mol. The molecule has 0 unspecified atom stereocenters. The lowest BCUT2D eigenvalue weighted by Gasteiger charge is -2.17. The quantitative estimate of drug-likeness (QED) is 0.215. The highest BCUT2D eigenvalue weighted by Gasteiger charge is 2.11. The minimum absolute atomic E-state index is 0.202. The summed E-state index contributed by atoms with van der Waals surface area (Å²) in [5, 5.41) is 3.86. The number of nitrogens with zero attached hydrogens (tertiary/aromatic N) is 1. The summed E-state index contributed by atoms with van der Waals surface area (Å²) in [6, 6.07) is 4.02. The lowest BCUT2D eigenvalue weighted by atomic mass is 10.0. The second-order valence-electron chi connectivity index (χ2n) is 6.27. The van der Waals surface area contributed by atoms with E-state index in [4.69, 9.17) is 42.3 Å². The van der Waals surface area contributed by atoms with Crippen LogP contribution in [0.4, 0.5) is 0 Å². The van der Waals surface area contributed by atoms with Crippen LogP contribution in [0.1, 0.15) is 45.2 Å². The lowest BCUT2D eigenvalue weighted by molar-refractivity contribution is 0.0461. The third kappa shape index (κ3) is 10.2. The fraction of sp³-hybridized carbons (Fsp3) is 0.571. The van der Waals surface area contributed by atoms with Crippen molar-refractivity contribution >= 4 is 28.9 Å². The van der Waals surface area contributed by atoms with Gasteiger partial charge in [-0.05, 0) is 56.0 Å². The van der Waals surface area contributed by atoms with Crippen LogP contribution in [-0.4, -0.2) is 38.7 Å². The summed E-state index contributed by atoms with van der Waals surface area (Å²) in [6.07, 6.45) is 4.14. The van der Waals surface area contributed by atoms with Crippen molar-refractivity contribution in [2.75, 3.05) is 33.0 Å². The number of halogens is 2. The van der Waals surface area contributed by atoms with Gasteiger partial charge in [0.2, 0.25) is 0 Å². The molecule has 1 rings (SSSR count). The van der Waals surface area contributed by atoms with E-state index in [9.17, 15) is 0 Å². The summed E-state index contributed by atoms with van der Waals surface area (Å²) in [6.45, 7) is 10.5. The van der Waals surface area contributed by atoms with Gasteiger partial charge in [0.05, 0.1) is 18.9 Å². The van der Waals surface area contributed by atoms with Crippen molar-refractivity contribution in [1.82, 2.24) is 0 Å². The van der Waals surface area contributed by atoms with Crippen LogP contribution in [0.2, 0.25) is 0 Å². The Morgan fingerprint density at radius 1 is 0.964 bits per heavy atom. The van der Waals surface area contributed by atoms with Gasteiger partial charge in [-0.3, -0.25) is 0 Å². The summed E-state index contributed by atoms with van der Waals surface area (Å²) >= 11 is 11.2. The summed E-state index contributed by atoms with van der Waals surface area (Å²) in [7, 11) is 0. The smallest absolute Gasteiger partial charge is 0.140 e. The second kappa shape index (κ2) is 14.6. The zero-order valence-corrected chi connectivity index (χ0v) is 18.7. The van der Waals surface area contributed by atoms with Crippen molar-refractivity contribution in [1.29, 1.82) is 0 Å². The molecule has 0 aromatic heterocycles. The molecule has 0 aliphatic rings. The molecular weight excluding hydrogens is 401 g/mol. The molecule has 0 spiro atoms. The Bertz CT molecular complexity index is 614. The van der Waals surface area contributed by atoms with Gasteiger partial charge >= 0.3 is 0 Å². The first-order valence-corrected chi connectivity index (χ1v) is 10.4. The Balaban J connectivity index is 2.48. The molecule has 5 nitrogen and oxygen atoms in total. The molecule has 0 N–H and O–H groups in total. The molecular formula is C21H31Cl2NO4. The molecule has 28 heavy (non-hydrogen) atoms. The van der Waals surface area contributed by atoms with Crippen molar-refractivity contribution in [3.63, 3.8) is 0 Å². The zero-order chi connectivity index (χ0) is 20.8. The summed E-state index contributed by atoms with van der Waals surface area (Å²) in [5.41, 5.74) is 3.14. The molecule has 0 aliphatic heterocycles. The highest BCUT2D eigenvalue weighted by atomic mass is 35.5. The largest absolute Gasteiger partial charge is 0.493 e. The molecule has 0 aliphatic carbocycles. The third-order valence-corrected chi connectivity index (χ3v) is 4.02. The standard InChI is InChI=1S/C21H31Cl2NO4/c1-5-17-14-19(26-11-8-20(22)23)15-18(6-2)21(17)27-10-7-9-25-12-13-28-24-16(3)4/h8,14-15H,5-7,9-13H2,1-4H3. The van der Waals surface area contributed by atoms with Crippen LogP contribution in [0, 0.1) is 0 Å². The minimum atomic E-state index is 0.202. The fourth-order valence-corrected chi connectivity index (χ4v) is 2.55. The SMILES string of the molecule is CCc1cc(OCC=C(Cl)Cl)cc(CC)c1OCCCOCCON=C(C)C. The van der Waals surface area contributed by atoms with E-state index in [-0.39, 0.29) is 4.49 Å². The molecule has 1 aromatic rings. The number of hydrogen-bond acceptors (Lipinski definition) is 5. The molecule has 158 valence electrons. The molecule has 0 heterocycles. The van der Waals surface area contributed by atoms with E-state index >= 15 is 0 Å². The van der Waals surface area contributed by atoms with Crippen molar-refractivity contribution in [2.45, 2.75) is 47.0 Å². The molecule has 0 saturated carbocycles. The van der Waals surface area contributed by atoms with E-state index < -0.39 is 0 Å². The van der Waals surface area contributed by atoms with E-state index in [0.29, 0.717) is 33.0 Å². The van der Waals surface area contributed by atoms with Gasteiger partial charge in [0.1, 0.15) is 29.2 Å². The topological polar surface area (TPSA) is 49.3 Å². The Hall–Kier alpha value is -1.43. The molecule has 0 bridgehead atoms. The maximum atomic E-state index is 6.06. The number of ether oxygens (including phenoxy) is 3. The normalized spacial score (nSPS) is 10.4. The van der Waals surface area contributed by atoms with Gasteiger partial charge in [-0.15, -0.1) is 0 Å². The highest BCUT2D eigenvalue weighted by molar-refractivity contribution is 6.55. The number of oxime groups is 1. The van der Waals surface area contributed by atoms with Gasteiger partial charge in [0.15, 0.2) is 0 Å². The number of rotatable bonds is 14. The zero-order valence-electron chi connectivity index (χ0n) is 17.2. The Kier molecular flexibility index (Phi) is 12.8. The molecule has 0 fully saturated rings. The fourth-order valence-electron chi connectivity index (χ4n) is 2.43. The summed E-state index contributed by atoms with van der Waals surface area (Å²) in [5.74, 6) is 1.74. The van der Waals surface area contributed by atoms with E-state index in [2.05, 4.69) is 19.0 Å². The lowest BCUT2D eigenvalue weighted by Crippen LogP contribution is -2.09. The van der Waals surface area contributed by atoms with Crippen molar-refractivity contribution in [2.24, 2.45) is 5.16 Å². The second-order valence-corrected chi connectivity index (χ2v) is 7.28. The summed E-state index contributed by atoms with van der Waals surface area (Å²) < 4.78 is 17.5. The van der Waals surface area contributed by atoms with Gasteiger partial charge in [-0.1, -0.05) is 42.2 Å². The van der Waals surface area contributed by atoms with Crippen LogP contribution < -0.4 is 9.47 Å². The molecule has 1 aromatic carbocycles. The minimum Gasteiger partial charge on any atom is -0.493 e. The third-order valence-electron chi connectivity index (χ3n) is 3.71. The van der Waals surface area contributed by atoms with Crippen LogP contribution >= 0.6 is 23.2 Å². The first-order chi connectivity index (χ1) is 13.5. The van der Waals surface area contributed by atoms with E-state index in [1.54, 1.807) is 6.08 Å². The first-order valence-electron chi connectivity index (χ1n) is 9.61. The number of hydrogen-bond donors (Lipinski definition) is 0. The van der Waals surface area contributed by atoms with Gasteiger partial charge in [0, 0.05) is 13.0 Å². The maximum Gasteiger partial charge on any atom is 0.140 e. The van der Waals surface area contributed by atoms with Crippen LogP contribution in [0.15, 0.2) is 27.9 Å². The number of aryl methyl sites for hydroxylation is 2. The van der Waals surface area contributed by atoms with E-state index in [0.717, 1.165) is 47.6 Å². The van der Waals surface area contributed by atoms with Crippen molar-refractivity contribution in [3.05, 3.63) is 33.8 Å². The van der Waals surface area contributed by atoms with Crippen LogP contribution in [-0.2, 0) is 22.4 Å². The average Bonchev–Trinajstić information content (AvgIpc) is 2.66.